The maximum Gasteiger partial charge on any atom is 0.307 e. The molecule has 0 amide bonds. The molecule has 1 aromatic carbocycles. The number of halogens is 2. The van der Waals surface area contributed by atoms with Gasteiger partial charge < -0.3 is 5.32 Å². The SMILES string of the molecule is CC(c1nnc(Nc2ccn(Cc3c(Cl)cccc3Cl)n2)s1)n1cc([N+](=O)[O-])cn1. The summed E-state index contributed by atoms with van der Waals surface area (Å²) in [6.45, 7) is 2.26. The topological polar surface area (TPSA) is 117 Å². The van der Waals surface area contributed by atoms with Crippen LogP contribution in [0, 0.1) is 10.1 Å². The molecule has 0 spiro atoms. The highest BCUT2D eigenvalue weighted by Gasteiger charge is 2.18. The molecular formula is C17H14Cl2N8O2S. The van der Waals surface area contributed by atoms with Crippen molar-refractivity contribution in [1.82, 2.24) is 29.8 Å². The second-order valence-corrected chi connectivity index (χ2v) is 8.10. The number of anilines is 2. The van der Waals surface area contributed by atoms with Crippen LogP contribution >= 0.6 is 34.5 Å². The molecule has 0 saturated carbocycles. The smallest absolute Gasteiger partial charge is 0.307 e. The van der Waals surface area contributed by atoms with Crippen molar-refractivity contribution in [2.45, 2.75) is 19.5 Å². The first kappa shape index (κ1) is 20.3. The summed E-state index contributed by atoms with van der Waals surface area (Å²) >= 11 is 13.7. The summed E-state index contributed by atoms with van der Waals surface area (Å²) in [7, 11) is 0. The van der Waals surface area contributed by atoms with E-state index in [1.807, 2.05) is 6.92 Å². The van der Waals surface area contributed by atoms with Gasteiger partial charge in [0.05, 0.1) is 11.5 Å². The Morgan fingerprint density at radius 1 is 1.27 bits per heavy atom. The standard InChI is InChI=1S/C17H14Cl2N8O2S/c1-10(26-8-11(7-20-26)27(28)29)16-22-23-17(30-16)21-15-5-6-25(24-15)9-12-13(18)3-2-4-14(12)19/h2-8,10H,9H2,1H3,(H,21,23,24). The Kier molecular flexibility index (Phi) is 5.66. The quantitative estimate of drug-likeness (QED) is 0.314. The second-order valence-electron chi connectivity index (χ2n) is 6.28. The molecule has 30 heavy (non-hydrogen) atoms. The predicted molar refractivity (Wildman–Crippen MR) is 114 cm³/mol. The van der Waals surface area contributed by atoms with E-state index in [-0.39, 0.29) is 11.7 Å². The first-order valence-electron chi connectivity index (χ1n) is 8.66. The Balaban J connectivity index is 1.44. The van der Waals surface area contributed by atoms with E-state index in [0.717, 1.165) is 5.56 Å². The van der Waals surface area contributed by atoms with E-state index >= 15 is 0 Å². The van der Waals surface area contributed by atoms with E-state index < -0.39 is 4.92 Å². The molecule has 4 aromatic rings. The van der Waals surface area contributed by atoms with E-state index in [1.165, 1.54) is 28.4 Å². The number of benzene rings is 1. The van der Waals surface area contributed by atoms with Crippen LogP contribution < -0.4 is 5.32 Å². The van der Waals surface area contributed by atoms with Crippen molar-refractivity contribution < 1.29 is 4.92 Å². The monoisotopic (exact) mass is 464 g/mol. The number of hydrogen-bond acceptors (Lipinski definition) is 8. The van der Waals surface area contributed by atoms with E-state index in [1.54, 1.807) is 35.1 Å². The molecule has 154 valence electrons. The van der Waals surface area contributed by atoms with Crippen molar-refractivity contribution >= 4 is 51.2 Å². The number of nitrogens with one attached hydrogen (secondary N) is 1. The van der Waals surface area contributed by atoms with Crippen LogP contribution in [-0.4, -0.2) is 34.7 Å². The fraction of sp³-hybridized carbons (Fsp3) is 0.176. The molecule has 0 aliphatic carbocycles. The van der Waals surface area contributed by atoms with Gasteiger partial charge in [-0.05, 0) is 19.1 Å². The second kappa shape index (κ2) is 8.38. The Morgan fingerprint density at radius 3 is 2.73 bits per heavy atom. The lowest BCUT2D eigenvalue weighted by Gasteiger charge is -2.07. The molecule has 1 atom stereocenters. The highest BCUT2D eigenvalue weighted by Crippen LogP contribution is 2.28. The zero-order valence-corrected chi connectivity index (χ0v) is 17.8. The first-order valence-corrected chi connectivity index (χ1v) is 10.2. The van der Waals surface area contributed by atoms with Gasteiger partial charge in [-0.2, -0.15) is 10.2 Å². The fourth-order valence-corrected chi connectivity index (χ4v) is 3.99. The normalized spacial score (nSPS) is 12.1. The maximum absolute atomic E-state index is 10.8. The summed E-state index contributed by atoms with van der Waals surface area (Å²) in [5.74, 6) is 0.586. The van der Waals surface area contributed by atoms with Crippen LogP contribution in [0.2, 0.25) is 10.0 Å². The minimum Gasteiger partial charge on any atom is -0.313 e. The maximum atomic E-state index is 10.8. The number of aromatic nitrogens is 6. The lowest BCUT2D eigenvalue weighted by molar-refractivity contribution is -0.385. The van der Waals surface area contributed by atoms with Crippen LogP contribution in [0.4, 0.5) is 16.6 Å². The Morgan fingerprint density at radius 2 is 2.03 bits per heavy atom. The highest BCUT2D eigenvalue weighted by molar-refractivity contribution is 7.15. The van der Waals surface area contributed by atoms with Gasteiger partial charge in [0.15, 0.2) is 5.82 Å². The third kappa shape index (κ3) is 4.27. The van der Waals surface area contributed by atoms with E-state index in [9.17, 15) is 10.1 Å². The molecule has 0 radical (unpaired) electrons. The molecule has 3 heterocycles. The van der Waals surface area contributed by atoms with Gasteiger partial charge in [-0.1, -0.05) is 40.6 Å². The number of nitro groups is 1. The van der Waals surface area contributed by atoms with Crippen molar-refractivity contribution in [3.63, 3.8) is 0 Å². The van der Waals surface area contributed by atoms with Gasteiger partial charge in [-0.3, -0.25) is 19.5 Å². The van der Waals surface area contributed by atoms with Crippen molar-refractivity contribution in [3.05, 3.63) is 73.6 Å². The van der Waals surface area contributed by atoms with Gasteiger partial charge in [0.1, 0.15) is 23.4 Å². The molecule has 10 nitrogen and oxygen atoms in total. The van der Waals surface area contributed by atoms with Crippen LogP contribution in [0.15, 0.2) is 42.9 Å². The molecule has 1 N–H and O–H groups in total. The summed E-state index contributed by atoms with van der Waals surface area (Å²) in [6, 6.07) is 6.85. The van der Waals surface area contributed by atoms with E-state index in [2.05, 4.69) is 25.7 Å². The molecule has 3 aromatic heterocycles. The molecule has 0 fully saturated rings. The summed E-state index contributed by atoms with van der Waals surface area (Å²) < 4.78 is 3.19. The lowest BCUT2D eigenvalue weighted by atomic mass is 10.2. The Labute approximate surface area is 184 Å². The fourth-order valence-electron chi connectivity index (χ4n) is 2.67. The van der Waals surface area contributed by atoms with Crippen LogP contribution in [-0.2, 0) is 6.54 Å². The molecule has 0 aliphatic rings. The summed E-state index contributed by atoms with van der Waals surface area (Å²) in [5, 5.41) is 33.0. The molecule has 0 aliphatic heterocycles. The Bertz CT molecular complexity index is 1180. The third-order valence-corrected chi connectivity index (χ3v) is 5.97. The van der Waals surface area contributed by atoms with Crippen LogP contribution in [0.5, 0.6) is 0 Å². The van der Waals surface area contributed by atoms with Gasteiger partial charge in [0, 0.05) is 27.9 Å². The summed E-state index contributed by atoms with van der Waals surface area (Å²) in [5.41, 5.74) is 0.713. The van der Waals surface area contributed by atoms with Crippen molar-refractivity contribution in [1.29, 1.82) is 0 Å². The average molecular weight is 465 g/mol. The van der Waals surface area contributed by atoms with Crippen molar-refractivity contribution in [2.75, 3.05) is 5.32 Å². The van der Waals surface area contributed by atoms with Crippen LogP contribution in [0.25, 0.3) is 0 Å². The summed E-state index contributed by atoms with van der Waals surface area (Å²) in [6.07, 6.45) is 4.37. The molecular weight excluding hydrogens is 451 g/mol. The highest BCUT2D eigenvalue weighted by atomic mass is 35.5. The zero-order valence-electron chi connectivity index (χ0n) is 15.4. The molecule has 4 rings (SSSR count). The number of nitrogens with zero attached hydrogens (tertiary/aromatic N) is 7. The Hall–Kier alpha value is -3.02. The first-order chi connectivity index (χ1) is 14.4. The average Bonchev–Trinajstić information content (AvgIpc) is 3.46. The number of rotatable bonds is 7. The molecule has 0 saturated heterocycles. The summed E-state index contributed by atoms with van der Waals surface area (Å²) in [4.78, 5) is 10.3. The van der Waals surface area contributed by atoms with Crippen LogP contribution in [0.3, 0.4) is 0 Å². The van der Waals surface area contributed by atoms with Crippen molar-refractivity contribution in [2.24, 2.45) is 0 Å². The molecule has 13 heteroatoms. The van der Waals surface area contributed by atoms with Gasteiger partial charge in [-0.25, -0.2) is 0 Å². The van der Waals surface area contributed by atoms with Gasteiger partial charge in [-0.15, -0.1) is 10.2 Å². The third-order valence-electron chi connectivity index (χ3n) is 4.25. The van der Waals surface area contributed by atoms with Crippen molar-refractivity contribution in [3.8, 4) is 0 Å². The minimum atomic E-state index is -0.491. The minimum absolute atomic E-state index is 0.0751. The molecule has 0 bridgehead atoms. The largest absolute Gasteiger partial charge is 0.313 e. The molecule has 1 unspecified atom stereocenters. The lowest BCUT2D eigenvalue weighted by Crippen LogP contribution is -2.06. The number of hydrogen-bond donors (Lipinski definition) is 1. The van der Waals surface area contributed by atoms with Gasteiger partial charge in [0.25, 0.3) is 0 Å². The predicted octanol–water partition coefficient (Wildman–Crippen LogP) is 4.55. The van der Waals surface area contributed by atoms with Crippen LogP contribution in [0.1, 0.15) is 23.5 Å². The van der Waals surface area contributed by atoms with E-state index in [0.29, 0.717) is 32.5 Å². The van der Waals surface area contributed by atoms with Gasteiger partial charge in [0.2, 0.25) is 5.13 Å². The zero-order chi connectivity index (χ0) is 21.3. The van der Waals surface area contributed by atoms with Gasteiger partial charge >= 0.3 is 5.69 Å². The van der Waals surface area contributed by atoms with E-state index in [4.69, 9.17) is 23.2 Å².